The number of hydrogen-bond donors (Lipinski definition) is 0. The minimum absolute atomic E-state index is 0.0559. The molecule has 1 aliphatic heterocycles. The smallest absolute Gasteiger partial charge is 0.254 e. The molecule has 6 nitrogen and oxygen atoms in total. The van der Waals surface area contributed by atoms with Gasteiger partial charge in [-0.1, -0.05) is 18.2 Å². The van der Waals surface area contributed by atoms with Gasteiger partial charge in [0, 0.05) is 29.9 Å². The predicted molar refractivity (Wildman–Crippen MR) is 104 cm³/mol. The number of hydrogen-bond acceptors (Lipinski definition) is 4. The van der Waals surface area contributed by atoms with Gasteiger partial charge in [-0.25, -0.2) is 12.9 Å². The summed E-state index contributed by atoms with van der Waals surface area (Å²) in [5, 5.41) is 4.35. The van der Waals surface area contributed by atoms with Crippen LogP contribution < -0.4 is 0 Å². The quantitative estimate of drug-likeness (QED) is 0.694. The average molecular weight is 383 g/mol. The van der Waals surface area contributed by atoms with Crippen LogP contribution >= 0.6 is 0 Å². The van der Waals surface area contributed by atoms with Crippen LogP contribution in [-0.2, 0) is 9.84 Å². The Morgan fingerprint density at radius 3 is 2.85 bits per heavy atom. The third kappa shape index (κ3) is 3.35. The number of nitrogens with zero attached hydrogens (tertiary/aromatic N) is 3. The molecule has 4 rings (SSSR count). The first-order valence-electron chi connectivity index (χ1n) is 9.03. The number of carbonyl (C=O) groups excluding carboxylic acids is 1. The van der Waals surface area contributed by atoms with Crippen molar-refractivity contribution in [1.29, 1.82) is 0 Å². The molecule has 0 bridgehead atoms. The van der Waals surface area contributed by atoms with Crippen LogP contribution in [0.5, 0.6) is 0 Å². The van der Waals surface area contributed by atoms with Gasteiger partial charge in [0.05, 0.1) is 23.2 Å². The Morgan fingerprint density at radius 2 is 2.11 bits per heavy atom. The molecule has 0 saturated carbocycles. The van der Waals surface area contributed by atoms with E-state index in [2.05, 4.69) is 5.10 Å². The summed E-state index contributed by atoms with van der Waals surface area (Å²) in [6.45, 7) is 2.37. The fourth-order valence-electron chi connectivity index (χ4n) is 3.73. The average Bonchev–Trinajstić information content (AvgIpc) is 3.25. The van der Waals surface area contributed by atoms with Gasteiger partial charge in [0.1, 0.15) is 0 Å². The molecule has 0 aliphatic carbocycles. The first-order valence-corrected chi connectivity index (χ1v) is 10.8. The van der Waals surface area contributed by atoms with Gasteiger partial charge in [-0.15, -0.1) is 0 Å². The van der Waals surface area contributed by atoms with Crippen molar-refractivity contribution in [3.8, 4) is 11.1 Å². The molecule has 1 amide bonds. The summed E-state index contributed by atoms with van der Waals surface area (Å²) in [5.74, 6) is 0.0856. The highest BCUT2D eigenvalue weighted by atomic mass is 32.2. The standard InChI is InChI=1S/C20H21N3O3S/c1-2-22(17-9-11-27(25,26)14-17)20(24)16-7-5-6-15(12-16)18-13-21-23-10-4-3-8-19(18)23/h3-8,10,12-13,17H,2,9,11,14H2,1H3. The minimum Gasteiger partial charge on any atom is -0.335 e. The lowest BCUT2D eigenvalue weighted by Gasteiger charge is -2.27. The van der Waals surface area contributed by atoms with Gasteiger partial charge in [-0.2, -0.15) is 5.10 Å². The van der Waals surface area contributed by atoms with Gasteiger partial charge in [0.2, 0.25) is 0 Å². The summed E-state index contributed by atoms with van der Waals surface area (Å²) >= 11 is 0. The second kappa shape index (κ2) is 6.81. The molecule has 140 valence electrons. The maximum atomic E-state index is 13.1. The topological polar surface area (TPSA) is 71.8 Å². The van der Waals surface area contributed by atoms with E-state index in [9.17, 15) is 13.2 Å². The first-order chi connectivity index (χ1) is 13.0. The van der Waals surface area contributed by atoms with Crippen LogP contribution in [0.4, 0.5) is 0 Å². The highest BCUT2D eigenvalue weighted by molar-refractivity contribution is 7.91. The highest BCUT2D eigenvalue weighted by Gasteiger charge is 2.34. The molecule has 1 aromatic carbocycles. The second-order valence-electron chi connectivity index (χ2n) is 6.82. The van der Waals surface area contributed by atoms with Crippen molar-refractivity contribution < 1.29 is 13.2 Å². The SMILES string of the molecule is CCN(C(=O)c1cccc(-c2cnn3ccccc23)c1)C1CCS(=O)(=O)C1. The van der Waals surface area contributed by atoms with Crippen LogP contribution in [0.1, 0.15) is 23.7 Å². The van der Waals surface area contributed by atoms with Crippen LogP contribution in [0.25, 0.3) is 16.6 Å². The van der Waals surface area contributed by atoms with Gasteiger partial charge >= 0.3 is 0 Å². The molecule has 3 aromatic rings. The van der Waals surface area contributed by atoms with E-state index >= 15 is 0 Å². The first kappa shape index (κ1) is 17.7. The van der Waals surface area contributed by atoms with Crippen molar-refractivity contribution >= 4 is 21.3 Å². The molecule has 1 fully saturated rings. The number of fused-ring (bicyclic) bond motifs is 1. The van der Waals surface area contributed by atoms with Crippen LogP contribution in [0.15, 0.2) is 54.9 Å². The van der Waals surface area contributed by atoms with Crippen LogP contribution in [0, 0.1) is 0 Å². The van der Waals surface area contributed by atoms with Gasteiger partial charge in [0.15, 0.2) is 9.84 Å². The molecule has 1 atom stereocenters. The highest BCUT2D eigenvalue weighted by Crippen LogP contribution is 2.26. The Labute approximate surface area is 158 Å². The fraction of sp³-hybridized carbons (Fsp3) is 0.300. The van der Waals surface area contributed by atoms with E-state index in [0.717, 1.165) is 16.6 Å². The Bertz CT molecular complexity index is 1100. The molecule has 0 spiro atoms. The molecule has 2 aromatic heterocycles. The van der Waals surface area contributed by atoms with E-state index in [1.54, 1.807) is 21.7 Å². The molecule has 27 heavy (non-hydrogen) atoms. The summed E-state index contributed by atoms with van der Waals surface area (Å²) in [6, 6.07) is 13.1. The molecule has 1 unspecified atom stereocenters. The van der Waals surface area contributed by atoms with Crippen LogP contribution in [-0.4, -0.2) is 52.9 Å². The zero-order valence-electron chi connectivity index (χ0n) is 15.1. The predicted octanol–water partition coefficient (Wildman–Crippen LogP) is 2.65. The van der Waals surface area contributed by atoms with Crippen LogP contribution in [0.2, 0.25) is 0 Å². The minimum atomic E-state index is -3.04. The van der Waals surface area contributed by atoms with Crippen molar-refractivity contribution in [2.45, 2.75) is 19.4 Å². The number of rotatable bonds is 4. The molecule has 1 aliphatic rings. The van der Waals surface area contributed by atoms with Crippen molar-refractivity contribution in [1.82, 2.24) is 14.5 Å². The maximum Gasteiger partial charge on any atom is 0.254 e. The summed E-state index contributed by atoms with van der Waals surface area (Å²) in [6.07, 6.45) is 4.18. The van der Waals surface area contributed by atoms with Gasteiger partial charge in [-0.05, 0) is 43.2 Å². The Balaban J connectivity index is 1.66. The van der Waals surface area contributed by atoms with Crippen molar-refractivity contribution in [2.75, 3.05) is 18.1 Å². The molecule has 1 saturated heterocycles. The number of sulfone groups is 1. The largest absolute Gasteiger partial charge is 0.335 e. The molecule has 3 heterocycles. The van der Waals surface area contributed by atoms with Gasteiger partial charge in [0.25, 0.3) is 5.91 Å². The van der Waals surface area contributed by atoms with Crippen molar-refractivity contribution in [3.05, 3.63) is 60.4 Å². The van der Waals surface area contributed by atoms with E-state index in [1.807, 2.05) is 49.5 Å². The third-order valence-corrected chi connectivity index (χ3v) is 6.85. The molecular weight excluding hydrogens is 362 g/mol. The number of amides is 1. The lowest BCUT2D eigenvalue weighted by molar-refractivity contribution is 0.0708. The Morgan fingerprint density at radius 1 is 1.26 bits per heavy atom. The number of carbonyl (C=O) groups is 1. The Kier molecular flexibility index (Phi) is 4.47. The van der Waals surface area contributed by atoms with E-state index in [1.165, 1.54) is 0 Å². The summed E-state index contributed by atoms with van der Waals surface area (Å²) in [4.78, 5) is 14.7. The maximum absolute atomic E-state index is 13.1. The summed E-state index contributed by atoms with van der Waals surface area (Å²) in [7, 11) is -3.04. The summed E-state index contributed by atoms with van der Waals surface area (Å²) < 4.78 is 25.4. The zero-order valence-corrected chi connectivity index (χ0v) is 15.9. The Hall–Kier alpha value is -2.67. The van der Waals surface area contributed by atoms with E-state index in [4.69, 9.17) is 0 Å². The number of benzene rings is 1. The van der Waals surface area contributed by atoms with Crippen LogP contribution in [0.3, 0.4) is 0 Å². The van der Waals surface area contributed by atoms with E-state index in [0.29, 0.717) is 18.5 Å². The monoisotopic (exact) mass is 383 g/mol. The lowest BCUT2D eigenvalue weighted by atomic mass is 10.0. The molecule has 7 heteroatoms. The molecule has 0 radical (unpaired) electrons. The summed E-state index contributed by atoms with van der Waals surface area (Å²) in [5.41, 5.74) is 3.40. The van der Waals surface area contributed by atoms with E-state index in [-0.39, 0.29) is 23.5 Å². The normalized spacial score (nSPS) is 18.6. The number of aromatic nitrogens is 2. The fourth-order valence-corrected chi connectivity index (χ4v) is 5.46. The van der Waals surface area contributed by atoms with Gasteiger partial charge < -0.3 is 4.90 Å². The van der Waals surface area contributed by atoms with Gasteiger partial charge in [-0.3, -0.25) is 4.79 Å². The second-order valence-corrected chi connectivity index (χ2v) is 9.05. The molecular formula is C20H21N3O3S. The zero-order chi connectivity index (χ0) is 19.0. The molecule has 0 N–H and O–H groups in total. The third-order valence-electron chi connectivity index (χ3n) is 5.10. The number of pyridine rings is 1. The van der Waals surface area contributed by atoms with Crippen molar-refractivity contribution in [3.63, 3.8) is 0 Å². The van der Waals surface area contributed by atoms with Crippen molar-refractivity contribution in [2.24, 2.45) is 0 Å². The van der Waals surface area contributed by atoms with E-state index < -0.39 is 9.84 Å². The lowest BCUT2D eigenvalue weighted by Crippen LogP contribution is -2.40.